The van der Waals surface area contributed by atoms with Crippen LogP contribution < -0.4 is 10.0 Å². The van der Waals surface area contributed by atoms with Crippen LogP contribution in [0.5, 0.6) is 0 Å². The molecule has 0 spiro atoms. The summed E-state index contributed by atoms with van der Waals surface area (Å²) in [6, 6.07) is 1.76. The molecule has 0 saturated carbocycles. The van der Waals surface area contributed by atoms with Gasteiger partial charge >= 0.3 is 0 Å². The van der Waals surface area contributed by atoms with E-state index in [1.165, 1.54) is 22.7 Å². The number of nitrogens with one attached hydrogen (secondary N) is 2. The SMILES string of the molecule is CCNCc1scc(C)c1S(=O)(=O)Nc1ccsc1. The Hall–Kier alpha value is -0.890. The first-order valence-electron chi connectivity index (χ1n) is 5.87. The molecule has 104 valence electrons. The molecule has 0 amide bonds. The standard InChI is InChI=1S/C12H16N2O2S3/c1-3-13-6-11-12(9(2)7-18-11)19(15,16)14-10-4-5-17-8-10/h4-5,7-8,13-14H,3,6H2,1-2H3. The first kappa shape index (κ1) is 14.5. The highest BCUT2D eigenvalue weighted by atomic mass is 32.2. The zero-order chi connectivity index (χ0) is 13.9. The van der Waals surface area contributed by atoms with Gasteiger partial charge in [0, 0.05) is 16.8 Å². The van der Waals surface area contributed by atoms with Crippen molar-refractivity contribution < 1.29 is 8.42 Å². The second kappa shape index (κ2) is 6.04. The highest BCUT2D eigenvalue weighted by Crippen LogP contribution is 2.29. The minimum atomic E-state index is -3.50. The fraction of sp³-hybridized carbons (Fsp3) is 0.333. The van der Waals surface area contributed by atoms with Gasteiger partial charge in [0.15, 0.2) is 0 Å². The summed E-state index contributed by atoms with van der Waals surface area (Å²) in [5.74, 6) is 0. The maximum Gasteiger partial charge on any atom is 0.263 e. The van der Waals surface area contributed by atoms with Crippen LogP contribution in [0.3, 0.4) is 0 Å². The minimum Gasteiger partial charge on any atom is -0.312 e. The molecule has 0 radical (unpaired) electrons. The predicted octanol–water partition coefficient (Wildman–Crippen LogP) is 3.03. The molecule has 0 bridgehead atoms. The van der Waals surface area contributed by atoms with Gasteiger partial charge < -0.3 is 5.32 Å². The molecule has 0 saturated heterocycles. The Morgan fingerprint density at radius 2 is 2.11 bits per heavy atom. The number of anilines is 1. The maximum absolute atomic E-state index is 12.4. The normalized spacial score (nSPS) is 11.7. The summed E-state index contributed by atoms with van der Waals surface area (Å²) in [5, 5.41) is 8.68. The van der Waals surface area contributed by atoms with Crippen LogP contribution in [0.15, 0.2) is 27.1 Å². The fourth-order valence-corrected chi connectivity index (χ4v) is 5.23. The van der Waals surface area contributed by atoms with Crippen molar-refractivity contribution in [3.8, 4) is 0 Å². The zero-order valence-corrected chi connectivity index (χ0v) is 13.2. The van der Waals surface area contributed by atoms with E-state index in [2.05, 4.69) is 10.0 Å². The van der Waals surface area contributed by atoms with Crippen LogP contribution in [0.2, 0.25) is 0 Å². The summed E-state index contributed by atoms with van der Waals surface area (Å²) >= 11 is 2.94. The molecule has 0 aliphatic carbocycles. The third kappa shape index (κ3) is 3.36. The van der Waals surface area contributed by atoms with Gasteiger partial charge in [-0.25, -0.2) is 8.42 Å². The second-order valence-corrected chi connectivity index (χ2v) is 7.43. The minimum absolute atomic E-state index is 0.407. The molecule has 7 heteroatoms. The van der Waals surface area contributed by atoms with Gasteiger partial charge in [0.2, 0.25) is 0 Å². The lowest BCUT2D eigenvalue weighted by Gasteiger charge is -2.09. The van der Waals surface area contributed by atoms with Crippen LogP contribution in [-0.2, 0) is 16.6 Å². The third-order valence-electron chi connectivity index (χ3n) is 2.57. The van der Waals surface area contributed by atoms with Crippen LogP contribution >= 0.6 is 22.7 Å². The molecule has 2 aromatic rings. The highest BCUT2D eigenvalue weighted by Gasteiger charge is 2.22. The Labute approximate surface area is 121 Å². The van der Waals surface area contributed by atoms with Crippen LogP contribution in [-0.4, -0.2) is 15.0 Å². The lowest BCUT2D eigenvalue weighted by atomic mass is 10.3. The molecule has 2 heterocycles. The quantitative estimate of drug-likeness (QED) is 0.861. The number of rotatable bonds is 6. The molecule has 0 aliphatic rings. The van der Waals surface area contributed by atoms with E-state index >= 15 is 0 Å². The fourth-order valence-electron chi connectivity index (χ4n) is 1.74. The van der Waals surface area contributed by atoms with E-state index in [9.17, 15) is 8.42 Å². The van der Waals surface area contributed by atoms with Crippen molar-refractivity contribution in [2.75, 3.05) is 11.3 Å². The van der Waals surface area contributed by atoms with Crippen LogP contribution in [0.4, 0.5) is 5.69 Å². The average Bonchev–Trinajstić information content (AvgIpc) is 2.95. The Bertz CT molecular complexity index is 630. The number of aryl methyl sites for hydroxylation is 1. The second-order valence-electron chi connectivity index (χ2n) is 4.07. The molecule has 0 unspecified atom stereocenters. The molecule has 2 rings (SSSR count). The number of hydrogen-bond donors (Lipinski definition) is 2. The van der Waals surface area contributed by atoms with Crippen molar-refractivity contribution >= 4 is 38.4 Å². The Kier molecular flexibility index (Phi) is 4.62. The Morgan fingerprint density at radius 3 is 2.74 bits per heavy atom. The summed E-state index contributed by atoms with van der Waals surface area (Å²) in [6.45, 7) is 5.22. The van der Waals surface area contributed by atoms with Crippen molar-refractivity contribution in [1.82, 2.24) is 5.32 Å². The lowest BCUT2D eigenvalue weighted by molar-refractivity contribution is 0.599. The van der Waals surface area contributed by atoms with Crippen LogP contribution in [0.25, 0.3) is 0 Å². The molecule has 4 nitrogen and oxygen atoms in total. The average molecular weight is 316 g/mol. The Morgan fingerprint density at radius 1 is 1.32 bits per heavy atom. The van der Waals surface area contributed by atoms with Crippen molar-refractivity contribution in [2.24, 2.45) is 0 Å². The molecular formula is C12H16N2O2S3. The summed E-state index contributed by atoms with van der Waals surface area (Å²) in [4.78, 5) is 1.26. The number of sulfonamides is 1. The third-order valence-corrected chi connectivity index (χ3v) is 6.09. The predicted molar refractivity (Wildman–Crippen MR) is 81.6 cm³/mol. The van der Waals surface area contributed by atoms with E-state index in [-0.39, 0.29) is 0 Å². The molecule has 0 atom stereocenters. The van der Waals surface area contributed by atoms with E-state index in [1.54, 1.807) is 11.4 Å². The summed E-state index contributed by atoms with van der Waals surface area (Å²) < 4.78 is 27.5. The molecule has 19 heavy (non-hydrogen) atoms. The van der Waals surface area contributed by atoms with Gasteiger partial charge in [0.25, 0.3) is 10.0 Å². The summed E-state index contributed by atoms with van der Waals surface area (Å²) in [5.41, 5.74) is 1.41. The summed E-state index contributed by atoms with van der Waals surface area (Å²) in [7, 11) is -3.50. The van der Waals surface area contributed by atoms with E-state index in [0.717, 1.165) is 17.0 Å². The van der Waals surface area contributed by atoms with Crippen LogP contribution in [0.1, 0.15) is 17.4 Å². The smallest absolute Gasteiger partial charge is 0.263 e. The lowest BCUT2D eigenvalue weighted by Crippen LogP contribution is -2.17. The van der Waals surface area contributed by atoms with Gasteiger partial charge in [-0.3, -0.25) is 4.72 Å². The van der Waals surface area contributed by atoms with Crippen molar-refractivity contribution in [3.63, 3.8) is 0 Å². The monoisotopic (exact) mass is 316 g/mol. The van der Waals surface area contributed by atoms with Gasteiger partial charge in [-0.1, -0.05) is 6.92 Å². The van der Waals surface area contributed by atoms with Gasteiger partial charge in [-0.15, -0.1) is 11.3 Å². The maximum atomic E-state index is 12.4. The number of thiophene rings is 2. The van der Waals surface area contributed by atoms with Gasteiger partial charge in [0.1, 0.15) is 4.90 Å². The molecule has 0 aliphatic heterocycles. The van der Waals surface area contributed by atoms with Gasteiger partial charge in [-0.2, -0.15) is 11.3 Å². The van der Waals surface area contributed by atoms with Crippen molar-refractivity contribution in [2.45, 2.75) is 25.3 Å². The van der Waals surface area contributed by atoms with Crippen LogP contribution in [0, 0.1) is 6.92 Å². The van der Waals surface area contributed by atoms with E-state index in [0.29, 0.717) is 17.1 Å². The first-order chi connectivity index (χ1) is 9.04. The Balaban J connectivity index is 2.31. The van der Waals surface area contributed by atoms with E-state index in [4.69, 9.17) is 0 Å². The highest BCUT2D eigenvalue weighted by molar-refractivity contribution is 7.93. The van der Waals surface area contributed by atoms with Crippen molar-refractivity contribution in [1.29, 1.82) is 0 Å². The molecule has 2 N–H and O–H groups in total. The van der Waals surface area contributed by atoms with Gasteiger partial charge in [-0.05, 0) is 35.9 Å². The van der Waals surface area contributed by atoms with E-state index in [1.807, 2.05) is 24.6 Å². The van der Waals surface area contributed by atoms with Crippen molar-refractivity contribution in [3.05, 3.63) is 32.6 Å². The van der Waals surface area contributed by atoms with Gasteiger partial charge in [0.05, 0.1) is 5.69 Å². The molecular weight excluding hydrogens is 300 g/mol. The molecule has 0 fully saturated rings. The molecule has 0 aromatic carbocycles. The summed E-state index contributed by atoms with van der Waals surface area (Å²) in [6.07, 6.45) is 0. The topological polar surface area (TPSA) is 58.2 Å². The zero-order valence-electron chi connectivity index (χ0n) is 10.8. The number of hydrogen-bond acceptors (Lipinski definition) is 5. The molecule has 2 aromatic heterocycles. The van der Waals surface area contributed by atoms with E-state index < -0.39 is 10.0 Å². The largest absolute Gasteiger partial charge is 0.312 e. The first-order valence-corrected chi connectivity index (χ1v) is 9.18.